The predicted molar refractivity (Wildman–Crippen MR) is 135 cm³/mol. The first-order valence-electron chi connectivity index (χ1n) is 11.7. The molecule has 0 spiro atoms. The molecule has 0 aromatic rings. The maximum absolute atomic E-state index is 12.0. The van der Waals surface area contributed by atoms with Crippen molar-refractivity contribution in [3.63, 3.8) is 0 Å². The van der Waals surface area contributed by atoms with Crippen molar-refractivity contribution in [1.82, 2.24) is 20.9 Å². The van der Waals surface area contributed by atoms with Crippen molar-refractivity contribution in [3.8, 4) is 0 Å². The second-order valence-corrected chi connectivity index (χ2v) is 8.38. The average molecular weight is 538 g/mol. The summed E-state index contributed by atoms with van der Waals surface area (Å²) < 4.78 is 5.54. The van der Waals surface area contributed by atoms with E-state index < -0.39 is 0 Å². The summed E-state index contributed by atoms with van der Waals surface area (Å²) in [6.45, 7) is 10.4. The third kappa shape index (κ3) is 9.68. The van der Waals surface area contributed by atoms with Gasteiger partial charge in [-0.15, -0.1) is 24.0 Å². The standard InChI is InChI=1S/C22H43N5O2.HI/c1-4-19(5-2)20(27-12-14-29-15-13-27)17-26-22(23-3)25-11-10-24-21(28)16-18-8-6-7-9-18;/h18-20H,4-17H2,1-3H3,(H,24,28)(H2,23,25,26);1H. The number of rotatable bonds is 11. The van der Waals surface area contributed by atoms with Crippen LogP contribution in [0.15, 0.2) is 4.99 Å². The van der Waals surface area contributed by atoms with Gasteiger partial charge in [0.15, 0.2) is 5.96 Å². The highest BCUT2D eigenvalue weighted by atomic mass is 127. The van der Waals surface area contributed by atoms with Gasteiger partial charge in [0.1, 0.15) is 0 Å². The van der Waals surface area contributed by atoms with Crippen molar-refractivity contribution in [1.29, 1.82) is 0 Å². The predicted octanol–water partition coefficient (Wildman–Crippen LogP) is 2.60. The van der Waals surface area contributed by atoms with Gasteiger partial charge in [0, 0.05) is 52.2 Å². The van der Waals surface area contributed by atoms with Crippen LogP contribution in [0, 0.1) is 11.8 Å². The van der Waals surface area contributed by atoms with Crippen LogP contribution in [0.5, 0.6) is 0 Å². The first-order valence-corrected chi connectivity index (χ1v) is 11.7. The fraction of sp³-hybridized carbons (Fsp3) is 0.909. The Hall–Kier alpha value is -0.610. The zero-order chi connectivity index (χ0) is 20.9. The minimum Gasteiger partial charge on any atom is -0.379 e. The fourth-order valence-corrected chi connectivity index (χ4v) is 4.69. The SMILES string of the molecule is CCC(CC)C(CNC(=NC)NCCNC(=O)CC1CCCC1)N1CCOCC1.I. The van der Waals surface area contributed by atoms with E-state index in [1.165, 1.54) is 38.5 Å². The summed E-state index contributed by atoms with van der Waals surface area (Å²) in [7, 11) is 1.80. The lowest BCUT2D eigenvalue weighted by atomic mass is 9.92. The minimum atomic E-state index is 0. The summed E-state index contributed by atoms with van der Waals surface area (Å²) in [5.74, 6) is 2.25. The molecule has 1 saturated heterocycles. The lowest BCUT2D eigenvalue weighted by Crippen LogP contribution is -2.53. The maximum atomic E-state index is 12.0. The van der Waals surface area contributed by atoms with Crippen molar-refractivity contribution >= 4 is 35.8 Å². The molecule has 1 aliphatic heterocycles. The molecule has 1 heterocycles. The first kappa shape index (κ1) is 27.4. The Balaban J connectivity index is 0.00000450. The van der Waals surface area contributed by atoms with Crippen LogP contribution in [0.2, 0.25) is 0 Å². The molecule has 2 fully saturated rings. The Bertz CT molecular complexity index is 490. The van der Waals surface area contributed by atoms with Crippen molar-refractivity contribution in [2.45, 2.75) is 64.8 Å². The normalized spacial score (nSPS) is 19.4. The van der Waals surface area contributed by atoms with Gasteiger partial charge in [0.2, 0.25) is 5.91 Å². The Labute approximate surface area is 200 Å². The summed E-state index contributed by atoms with van der Waals surface area (Å²) in [5, 5.41) is 9.87. The summed E-state index contributed by atoms with van der Waals surface area (Å²) in [6.07, 6.45) is 8.03. The Morgan fingerprint density at radius 3 is 2.30 bits per heavy atom. The number of nitrogens with zero attached hydrogens (tertiary/aromatic N) is 2. The number of nitrogens with one attached hydrogen (secondary N) is 3. The smallest absolute Gasteiger partial charge is 0.220 e. The molecule has 1 aliphatic carbocycles. The molecule has 0 radical (unpaired) electrons. The summed E-state index contributed by atoms with van der Waals surface area (Å²) in [5.41, 5.74) is 0. The first-order chi connectivity index (χ1) is 14.2. The topological polar surface area (TPSA) is 78.0 Å². The van der Waals surface area contributed by atoms with Gasteiger partial charge in [-0.05, 0) is 24.7 Å². The fourth-order valence-electron chi connectivity index (χ4n) is 4.69. The molecular weight excluding hydrogens is 493 g/mol. The van der Waals surface area contributed by atoms with Gasteiger partial charge in [-0.25, -0.2) is 0 Å². The van der Waals surface area contributed by atoms with Crippen molar-refractivity contribution in [3.05, 3.63) is 0 Å². The number of halogens is 1. The van der Waals surface area contributed by atoms with E-state index in [0.29, 0.717) is 37.4 Å². The molecule has 8 heteroatoms. The van der Waals surface area contributed by atoms with Crippen LogP contribution < -0.4 is 16.0 Å². The number of guanidine groups is 1. The molecule has 2 rings (SSSR count). The van der Waals surface area contributed by atoms with Crippen LogP contribution in [-0.4, -0.2) is 75.8 Å². The van der Waals surface area contributed by atoms with E-state index in [-0.39, 0.29) is 29.9 Å². The third-order valence-electron chi connectivity index (χ3n) is 6.50. The van der Waals surface area contributed by atoms with Crippen LogP contribution in [-0.2, 0) is 9.53 Å². The van der Waals surface area contributed by atoms with Gasteiger partial charge in [0.05, 0.1) is 13.2 Å². The molecule has 0 bridgehead atoms. The molecule has 1 saturated carbocycles. The van der Waals surface area contributed by atoms with Gasteiger partial charge >= 0.3 is 0 Å². The molecule has 7 nitrogen and oxygen atoms in total. The number of hydrogen-bond acceptors (Lipinski definition) is 4. The molecule has 1 amide bonds. The average Bonchev–Trinajstić information content (AvgIpc) is 3.26. The molecule has 30 heavy (non-hydrogen) atoms. The Morgan fingerprint density at radius 2 is 1.70 bits per heavy atom. The summed E-state index contributed by atoms with van der Waals surface area (Å²) >= 11 is 0. The Kier molecular flexibility index (Phi) is 14.7. The van der Waals surface area contributed by atoms with Gasteiger partial charge in [-0.2, -0.15) is 0 Å². The van der Waals surface area contributed by atoms with E-state index in [4.69, 9.17) is 4.74 Å². The largest absolute Gasteiger partial charge is 0.379 e. The van der Waals surface area contributed by atoms with E-state index in [1.54, 1.807) is 7.05 Å². The molecule has 3 N–H and O–H groups in total. The molecule has 0 aromatic carbocycles. The number of aliphatic imine (C=N–C) groups is 1. The number of hydrogen-bond donors (Lipinski definition) is 3. The van der Waals surface area contributed by atoms with Crippen LogP contribution in [0.4, 0.5) is 0 Å². The molecule has 1 unspecified atom stereocenters. The highest BCUT2D eigenvalue weighted by Crippen LogP contribution is 2.27. The number of carbonyl (C=O) groups is 1. The minimum absolute atomic E-state index is 0. The Morgan fingerprint density at radius 1 is 1.07 bits per heavy atom. The molecular formula is C22H44IN5O2. The van der Waals surface area contributed by atoms with Gasteiger partial charge < -0.3 is 20.7 Å². The van der Waals surface area contributed by atoms with E-state index in [9.17, 15) is 4.79 Å². The summed E-state index contributed by atoms with van der Waals surface area (Å²) in [4.78, 5) is 19.0. The molecule has 2 aliphatic rings. The third-order valence-corrected chi connectivity index (χ3v) is 6.50. The monoisotopic (exact) mass is 537 g/mol. The van der Waals surface area contributed by atoms with E-state index >= 15 is 0 Å². The van der Waals surface area contributed by atoms with Crippen LogP contribution in [0.1, 0.15) is 58.8 Å². The van der Waals surface area contributed by atoms with Crippen molar-refractivity contribution < 1.29 is 9.53 Å². The van der Waals surface area contributed by atoms with E-state index in [1.807, 2.05) is 0 Å². The molecule has 1 atom stereocenters. The van der Waals surface area contributed by atoms with Crippen molar-refractivity contribution in [2.75, 3.05) is 53.0 Å². The lowest BCUT2D eigenvalue weighted by Gasteiger charge is -2.39. The van der Waals surface area contributed by atoms with Crippen molar-refractivity contribution in [2.24, 2.45) is 16.8 Å². The number of morpholine rings is 1. The van der Waals surface area contributed by atoms with Crippen LogP contribution in [0.3, 0.4) is 0 Å². The zero-order valence-corrected chi connectivity index (χ0v) is 21.6. The molecule has 176 valence electrons. The van der Waals surface area contributed by atoms with Crippen LogP contribution >= 0.6 is 24.0 Å². The number of ether oxygens (including phenoxy) is 1. The highest BCUT2D eigenvalue weighted by Gasteiger charge is 2.27. The summed E-state index contributed by atoms with van der Waals surface area (Å²) in [6, 6.07) is 0.485. The number of carbonyl (C=O) groups excluding carboxylic acids is 1. The van der Waals surface area contributed by atoms with Gasteiger partial charge in [0.25, 0.3) is 0 Å². The van der Waals surface area contributed by atoms with E-state index in [2.05, 4.69) is 39.7 Å². The van der Waals surface area contributed by atoms with Crippen LogP contribution in [0.25, 0.3) is 0 Å². The molecule has 0 aromatic heterocycles. The van der Waals surface area contributed by atoms with E-state index in [0.717, 1.165) is 38.8 Å². The number of amides is 1. The lowest BCUT2D eigenvalue weighted by molar-refractivity contribution is -0.121. The van der Waals surface area contributed by atoms with Gasteiger partial charge in [-0.1, -0.05) is 39.5 Å². The van der Waals surface area contributed by atoms with Gasteiger partial charge in [-0.3, -0.25) is 14.7 Å². The zero-order valence-electron chi connectivity index (χ0n) is 19.3. The highest BCUT2D eigenvalue weighted by molar-refractivity contribution is 14.0. The second kappa shape index (κ2) is 16.1. The second-order valence-electron chi connectivity index (χ2n) is 8.38. The maximum Gasteiger partial charge on any atom is 0.220 e. The quantitative estimate of drug-likeness (QED) is 0.164.